The normalized spacial score (nSPS) is 22.7. The first-order valence-corrected chi connectivity index (χ1v) is 9.36. The van der Waals surface area contributed by atoms with Crippen LogP contribution in [0.1, 0.15) is 25.1 Å². The Morgan fingerprint density at radius 2 is 2.00 bits per heavy atom. The Hall–Kier alpha value is -2.02. The largest absolute Gasteiger partial charge is 0.388 e. The van der Waals surface area contributed by atoms with Gasteiger partial charge in [-0.25, -0.2) is 9.97 Å². The zero-order chi connectivity index (χ0) is 18.1. The molecule has 2 N–H and O–H groups in total. The van der Waals surface area contributed by atoms with Gasteiger partial charge in [0.15, 0.2) is 5.82 Å². The quantitative estimate of drug-likeness (QED) is 0.872. The maximum Gasteiger partial charge on any atom is 0.161 e. The van der Waals surface area contributed by atoms with E-state index in [2.05, 4.69) is 10.2 Å². The molecule has 0 amide bonds. The van der Waals surface area contributed by atoms with Gasteiger partial charge in [-0.05, 0) is 26.8 Å². The highest BCUT2D eigenvalue weighted by Crippen LogP contribution is 2.30. The number of β-amino-alcohol motifs (C(OH)–C–C–N with tert-alkyl or cyclic N) is 1. The lowest BCUT2D eigenvalue weighted by molar-refractivity contribution is -0.0386. The van der Waals surface area contributed by atoms with Crippen LogP contribution in [0.25, 0.3) is 11.4 Å². The third-order valence-electron chi connectivity index (χ3n) is 4.93. The highest BCUT2D eigenvalue weighted by Gasteiger charge is 2.35. The molecule has 0 unspecified atom stereocenters. The summed E-state index contributed by atoms with van der Waals surface area (Å²) in [6.45, 7) is 6.89. The number of hydrogen-bond acceptors (Lipinski definition) is 6. The number of ether oxygens (including phenoxy) is 1. The van der Waals surface area contributed by atoms with Crippen LogP contribution in [-0.2, 0) is 17.7 Å². The van der Waals surface area contributed by atoms with Crippen LogP contribution in [0, 0.1) is 0 Å². The first-order valence-electron chi connectivity index (χ1n) is 9.36. The first kappa shape index (κ1) is 17.4. The monoisotopic (exact) mass is 354 g/mol. The molecule has 2 aromatic rings. The summed E-state index contributed by atoms with van der Waals surface area (Å²) < 4.78 is 5.89. The Kier molecular flexibility index (Phi) is 4.89. The fourth-order valence-corrected chi connectivity index (χ4v) is 3.73. The molecule has 6 nitrogen and oxygen atoms in total. The van der Waals surface area contributed by atoms with Crippen LogP contribution in [0.15, 0.2) is 30.3 Å². The molecule has 138 valence electrons. The van der Waals surface area contributed by atoms with Crippen LogP contribution in [0.4, 0.5) is 5.82 Å². The second-order valence-electron chi connectivity index (χ2n) is 7.28. The van der Waals surface area contributed by atoms with Gasteiger partial charge in [-0.3, -0.25) is 0 Å². The number of aliphatic hydroxyl groups is 1. The molecule has 1 fully saturated rings. The second-order valence-corrected chi connectivity index (χ2v) is 7.28. The summed E-state index contributed by atoms with van der Waals surface area (Å²) in [4.78, 5) is 11.9. The maximum atomic E-state index is 10.4. The van der Waals surface area contributed by atoms with E-state index in [1.54, 1.807) is 0 Å². The molecule has 2 atom stereocenters. The van der Waals surface area contributed by atoms with Crippen LogP contribution in [0.3, 0.4) is 0 Å². The topological polar surface area (TPSA) is 70.5 Å². The number of nitrogens with one attached hydrogen (secondary N) is 1. The zero-order valence-corrected chi connectivity index (χ0v) is 15.4. The smallest absolute Gasteiger partial charge is 0.161 e. The Labute approximate surface area is 154 Å². The average molecular weight is 354 g/mol. The molecular formula is C20H26N4O2. The molecule has 3 heterocycles. The summed E-state index contributed by atoms with van der Waals surface area (Å²) >= 11 is 0. The minimum atomic E-state index is -0.495. The molecule has 2 aliphatic heterocycles. The molecule has 0 bridgehead atoms. The molecule has 2 aliphatic rings. The van der Waals surface area contributed by atoms with E-state index in [1.165, 1.54) is 5.56 Å². The van der Waals surface area contributed by atoms with Crippen molar-refractivity contribution in [3.63, 3.8) is 0 Å². The zero-order valence-electron chi connectivity index (χ0n) is 15.4. The van der Waals surface area contributed by atoms with Crippen LogP contribution < -0.4 is 10.2 Å². The Morgan fingerprint density at radius 3 is 2.77 bits per heavy atom. The van der Waals surface area contributed by atoms with Gasteiger partial charge in [0.1, 0.15) is 11.9 Å². The summed E-state index contributed by atoms with van der Waals surface area (Å²) in [5.41, 5.74) is 3.26. The van der Waals surface area contributed by atoms with E-state index in [4.69, 9.17) is 14.7 Å². The lowest BCUT2D eigenvalue weighted by Crippen LogP contribution is -2.31. The van der Waals surface area contributed by atoms with Crippen LogP contribution in [-0.4, -0.2) is 53.0 Å². The Bertz CT molecular complexity index is 766. The van der Waals surface area contributed by atoms with E-state index in [0.717, 1.165) is 42.4 Å². The number of rotatable bonds is 4. The molecule has 0 spiro atoms. The van der Waals surface area contributed by atoms with Crippen LogP contribution in [0.5, 0.6) is 0 Å². The predicted octanol–water partition coefficient (Wildman–Crippen LogP) is 1.76. The van der Waals surface area contributed by atoms with Crippen molar-refractivity contribution < 1.29 is 9.84 Å². The maximum absolute atomic E-state index is 10.4. The van der Waals surface area contributed by atoms with Crippen molar-refractivity contribution in [1.82, 2.24) is 15.3 Å². The highest BCUT2D eigenvalue weighted by molar-refractivity contribution is 5.61. The van der Waals surface area contributed by atoms with E-state index in [-0.39, 0.29) is 12.2 Å². The number of benzene rings is 1. The lowest BCUT2D eigenvalue weighted by Gasteiger charge is -2.26. The van der Waals surface area contributed by atoms with Crippen molar-refractivity contribution in [3.8, 4) is 11.4 Å². The van der Waals surface area contributed by atoms with Crippen molar-refractivity contribution in [2.24, 2.45) is 0 Å². The van der Waals surface area contributed by atoms with E-state index in [9.17, 15) is 5.11 Å². The van der Waals surface area contributed by atoms with Crippen molar-refractivity contribution in [1.29, 1.82) is 0 Å². The van der Waals surface area contributed by atoms with Crippen molar-refractivity contribution in [2.45, 2.75) is 45.1 Å². The molecular weight excluding hydrogens is 328 g/mol. The Morgan fingerprint density at radius 1 is 1.19 bits per heavy atom. The number of nitrogens with zero attached hydrogens (tertiary/aromatic N) is 3. The number of fused-ring (bicyclic) bond motifs is 1. The van der Waals surface area contributed by atoms with Crippen LogP contribution in [0.2, 0.25) is 0 Å². The number of aliphatic hydroxyl groups excluding tert-OH is 1. The van der Waals surface area contributed by atoms with Gasteiger partial charge in [-0.15, -0.1) is 0 Å². The molecule has 1 aromatic heterocycles. The molecule has 4 rings (SSSR count). The summed E-state index contributed by atoms with van der Waals surface area (Å²) in [6.07, 6.45) is 0.326. The van der Waals surface area contributed by atoms with E-state index >= 15 is 0 Å². The van der Waals surface area contributed by atoms with Crippen molar-refractivity contribution >= 4 is 5.82 Å². The van der Waals surface area contributed by atoms with Gasteiger partial charge in [0.2, 0.25) is 0 Å². The van der Waals surface area contributed by atoms with Gasteiger partial charge in [0.05, 0.1) is 17.9 Å². The van der Waals surface area contributed by atoms with E-state index in [0.29, 0.717) is 13.1 Å². The first-order chi connectivity index (χ1) is 12.6. The highest BCUT2D eigenvalue weighted by atomic mass is 16.5. The summed E-state index contributed by atoms with van der Waals surface area (Å²) in [7, 11) is 0. The molecule has 1 saturated heterocycles. The minimum absolute atomic E-state index is 0.0954. The van der Waals surface area contributed by atoms with Gasteiger partial charge in [0.25, 0.3) is 0 Å². The molecule has 6 heteroatoms. The standard InChI is InChI=1S/C20H26N4O2/c1-13(2)26-18-12-24(11-17(18)25)20-15-8-9-21-10-16(15)22-19(23-20)14-6-4-3-5-7-14/h3-7,13,17-18,21,25H,8-12H2,1-2H3/t17-,18-/m1/s1. The van der Waals surface area contributed by atoms with Gasteiger partial charge < -0.3 is 20.1 Å². The predicted molar refractivity (Wildman–Crippen MR) is 101 cm³/mol. The molecule has 1 aromatic carbocycles. The average Bonchev–Trinajstić information content (AvgIpc) is 3.01. The molecule has 26 heavy (non-hydrogen) atoms. The Balaban J connectivity index is 1.71. The van der Waals surface area contributed by atoms with Crippen molar-refractivity contribution in [3.05, 3.63) is 41.6 Å². The van der Waals surface area contributed by atoms with Crippen molar-refractivity contribution in [2.75, 3.05) is 24.5 Å². The SMILES string of the molecule is CC(C)O[C@@H]1CN(c2nc(-c3ccccc3)nc3c2CCNC3)C[C@H]1O. The van der Waals surface area contributed by atoms with Crippen LogP contribution >= 0.6 is 0 Å². The number of aromatic nitrogens is 2. The number of anilines is 1. The second kappa shape index (κ2) is 7.31. The summed E-state index contributed by atoms with van der Waals surface area (Å²) in [5.74, 6) is 1.69. The van der Waals surface area contributed by atoms with E-state index in [1.807, 2.05) is 44.2 Å². The van der Waals surface area contributed by atoms with Gasteiger partial charge in [0, 0.05) is 30.8 Å². The number of hydrogen-bond donors (Lipinski definition) is 2. The van der Waals surface area contributed by atoms with Gasteiger partial charge in [-0.1, -0.05) is 30.3 Å². The summed E-state index contributed by atoms with van der Waals surface area (Å²) in [6, 6.07) is 10.1. The minimum Gasteiger partial charge on any atom is -0.388 e. The third-order valence-corrected chi connectivity index (χ3v) is 4.93. The molecule has 0 saturated carbocycles. The molecule has 0 aliphatic carbocycles. The van der Waals surface area contributed by atoms with Gasteiger partial charge >= 0.3 is 0 Å². The van der Waals surface area contributed by atoms with E-state index < -0.39 is 6.10 Å². The third kappa shape index (κ3) is 3.45. The fourth-order valence-electron chi connectivity index (χ4n) is 3.73. The molecule has 0 radical (unpaired) electrons. The fraction of sp³-hybridized carbons (Fsp3) is 0.500. The lowest BCUT2D eigenvalue weighted by atomic mass is 10.1. The van der Waals surface area contributed by atoms with Gasteiger partial charge in [-0.2, -0.15) is 0 Å². The summed E-state index contributed by atoms with van der Waals surface area (Å²) in [5, 5.41) is 13.8.